The van der Waals surface area contributed by atoms with Crippen molar-refractivity contribution in [2.24, 2.45) is 0 Å². The number of amides is 1. The molecule has 2 heterocycles. The molecule has 0 bridgehead atoms. The van der Waals surface area contributed by atoms with Crippen LogP contribution in [0.15, 0.2) is 90.5 Å². The first kappa shape index (κ1) is 19.6. The fourth-order valence-corrected chi connectivity index (χ4v) is 3.86. The SMILES string of the molecule is Cc1ccccc1N1C(=O)C(O)=C(C(=O)CCc2ccccc2)C1c1cccnc1. The molecule has 0 saturated carbocycles. The zero-order valence-electron chi connectivity index (χ0n) is 16.7. The number of rotatable bonds is 6. The number of nitrogens with zero attached hydrogens (tertiary/aromatic N) is 2. The molecule has 1 aliphatic rings. The quantitative estimate of drug-likeness (QED) is 0.664. The molecule has 5 nitrogen and oxygen atoms in total. The van der Waals surface area contributed by atoms with E-state index in [1.807, 2.05) is 67.6 Å². The maximum absolute atomic E-state index is 13.2. The van der Waals surface area contributed by atoms with Crippen LogP contribution in [-0.2, 0) is 16.0 Å². The van der Waals surface area contributed by atoms with Crippen molar-refractivity contribution in [1.82, 2.24) is 4.98 Å². The van der Waals surface area contributed by atoms with Crippen LogP contribution in [0.1, 0.15) is 29.2 Å². The number of aliphatic hydroxyl groups excluding tert-OH is 1. The highest BCUT2D eigenvalue weighted by molar-refractivity contribution is 6.16. The highest BCUT2D eigenvalue weighted by Crippen LogP contribution is 2.42. The van der Waals surface area contributed by atoms with Crippen molar-refractivity contribution < 1.29 is 14.7 Å². The van der Waals surface area contributed by atoms with E-state index in [1.54, 1.807) is 18.5 Å². The number of Topliss-reactive ketones (excluding diaryl/α,β-unsaturated/α-hetero) is 1. The molecule has 5 heteroatoms. The van der Waals surface area contributed by atoms with Crippen LogP contribution in [0, 0.1) is 6.92 Å². The lowest BCUT2D eigenvalue weighted by Crippen LogP contribution is -2.31. The Bertz CT molecular complexity index is 1110. The van der Waals surface area contributed by atoms with Crippen LogP contribution in [0.2, 0.25) is 0 Å². The van der Waals surface area contributed by atoms with Crippen LogP contribution >= 0.6 is 0 Å². The molecule has 0 aliphatic carbocycles. The molecule has 1 atom stereocenters. The van der Waals surface area contributed by atoms with Gasteiger partial charge in [-0.15, -0.1) is 0 Å². The van der Waals surface area contributed by atoms with E-state index in [0.29, 0.717) is 17.7 Å². The van der Waals surface area contributed by atoms with Crippen LogP contribution in [-0.4, -0.2) is 21.8 Å². The second-order valence-electron chi connectivity index (χ2n) is 7.32. The van der Waals surface area contributed by atoms with E-state index in [9.17, 15) is 14.7 Å². The van der Waals surface area contributed by atoms with Gasteiger partial charge in [0.05, 0.1) is 11.6 Å². The first-order valence-corrected chi connectivity index (χ1v) is 9.87. The topological polar surface area (TPSA) is 70.5 Å². The molecule has 1 aliphatic heterocycles. The predicted octanol–water partition coefficient (Wildman–Crippen LogP) is 4.49. The zero-order chi connectivity index (χ0) is 21.1. The van der Waals surface area contributed by atoms with Crippen molar-refractivity contribution in [2.75, 3.05) is 4.90 Å². The van der Waals surface area contributed by atoms with Crippen molar-refractivity contribution in [2.45, 2.75) is 25.8 Å². The smallest absolute Gasteiger partial charge is 0.294 e. The third kappa shape index (κ3) is 3.62. The molecule has 150 valence electrons. The highest BCUT2D eigenvalue weighted by atomic mass is 16.3. The van der Waals surface area contributed by atoms with Crippen LogP contribution in [0.3, 0.4) is 0 Å². The standard InChI is InChI=1S/C25H22N2O3/c1-17-8-5-6-12-20(17)27-23(19-11-7-15-26-16-19)22(24(29)25(27)30)21(28)14-13-18-9-3-2-4-10-18/h2-12,15-16,23,29H,13-14H2,1H3. The molecule has 0 spiro atoms. The fourth-order valence-electron chi connectivity index (χ4n) is 3.86. The first-order chi connectivity index (χ1) is 14.6. The van der Waals surface area contributed by atoms with Crippen LogP contribution in [0.4, 0.5) is 5.69 Å². The number of pyridine rings is 1. The van der Waals surface area contributed by atoms with Gasteiger partial charge in [-0.05, 0) is 42.2 Å². The Morgan fingerprint density at radius 3 is 2.47 bits per heavy atom. The Hall–Kier alpha value is -3.73. The summed E-state index contributed by atoms with van der Waals surface area (Å²) in [6.45, 7) is 1.90. The van der Waals surface area contributed by atoms with Gasteiger partial charge in [0.25, 0.3) is 5.91 Å². The van der Waals surface area contributed by atoms with E-state index >= 15 is 0 Å². The van der Waals surface area contributed by atoms with Crippen molar-refractivity contribution in [1.29, 1.82) is 0 Å². The Balaban J connectivity index is 1.73. The van der Waals surface area contributed by atoms with Gasteiger partial charge in [-0.1, -0.05) is 54.6 Å². The monoisotopic (exact) mass is 398 g/mol. The van der Waals surface area contributed by atoms with Gasteiger partial charge in [-0.3, -0.25) is 19.5 Å². The lowest BCUT2D eigenvalue weighted by Gasteiger charge is -2.28. The number of carbonyl (C=O) groups is 2. The third-order valence-electron chi connectivity index (χ3n) is 5.37. The first-order valence-electron chi connectivity index (χ1n) is 9.87. The number of ketones is 1. The van der Waals surface area contributed by atoms with Crippen LogP contribution < -0.4 is 4.90 Å². The zero-order valence-corrected chi connectivity index (χ0v) is 16.7. The van der Waals surface area contributed by atoms with E-state index in [4.69, 9.17) is 0 Å². The molecule has 1 unspecified atom stereocenters. The van der Waals surface area contributed by atoms with E-state index < -0.39 is 17.7 Å². The minimum Gasteiger partial charge on any atom is -0.503 e. The molecule has 1 aromatic heterocycles. The Labute approximate surface area is 175 Å². The molecular formula is C25H22N2O3. The molecule has 0 fully saturated rings. The van der Waals surface area contributed by atoms with E-state index in [-0.39, 0.29) is 17.8 Å². The number of aryl methyl sites for hydroxylation is 2. The Morgan fingerprint density at radius 1 is 1.03 bits per heavy atom. The van der Waals surface area contributed by atoms with Crippen LogP contribution in [0.5, 0.6) is 0 Å². The van der Waals surface area contributed by atoms with Gasteiger partial charge in [-0.25, -0.2) is 0 Å². The number of anilines is 1. The average Bonchev–Trinajstić information content (AvgIpc) is 3.04. The number of aromatic nitrogens is 1. The van der Waals surface area contributed by atoms with Gasteiger partial charge in [0.2, 0.25) is 0 Å². The van der Waals surface area contributed by atoms with E-state index in [0.717, 1.165) is 11.1 Å². The van der Waals surface area contributed by atoms with Gasteiger partial charge in [0.15, 0.2) is 11.5 Å². The second-order valence-corrected chi connectivity index (χ2v) is 7.32. The van der Waals surface area contributed by atoms with E-state index in [1.165, 1.54) is 4.90 Å². The predicted molar refractivity (Wildman–Crippen MR) is 115 cm³/mol. The normalized spacial score (nSPS) is 16.2. The lowest BCUT2D eigenvalue weighted by atomic mass is 9.93. The van der Waals surface area contributed by atoms with Gasteiger partial charge in [-0.2, -0.15) is 0 Å². The number of aliphatic hydroxyl groups is 1. The van der Waals surface area contributed by atoms with Crippen molar-refractivity contribution in [3.63, 3.8) is 0 Å². The maximum Gasteiger partial charge on any atom is 0.294 e. The third-order valence-corrected chi connectivity index (χ3v) is 5.37. The van der Waals surface area contributed by atoms with Crippen molar-refractivity contribution >= 4 is 17.4 Å². The van der Waals surface area contributed by atoms with Gasteiger partial charge >= 0.3 is 0 Å². The van der Waals surface area contributed by atoms with Crippen molar-refractivity contribution in [3.8, 4) is 0 Å². The number of benzene rings is 2. The minimum atomic E-state index is -0.712. The number of hydrogen-bond acceptors (Lipinski definition) is 4. The summed E-state index contributed by atoms with van der Waals surface area (Å²) < 4.78 is 0. The van der Waals surface area contributed by atoms with E-state index in [2.05, 4.69) is 4.98 Å². The number of para-hydroxylation sites is 1. The summed E-state index contributed by atoms with van der Waals surface area (Å²) >= 11 is 0. The molecule has 3 aromatic rings. The summed E-state index contributed by atoms with van der Waals surface area (Å²) in [4.78, 5) is 31.9. The molecule has 0 radical (unpaired) electrons. The molecule has 0 saturated heterocycles. The molecule has 2 aromatic carbocycles. The highest BCUT2D eigenvalue weighted by Gasteiger charge is 2.44. The molecule has 30 heavy (non-hydrogen) atoms. The summed E-state index contributed by atoms with van der Waals surface area (Å²) in [5, 5.41) is 10.7. The largest absolute Gasteiger partial charge is 0.503 e. The summed E-state index contributed by atoms with van der Waals surface area (Å²) in [7, 11) is 0. The van der Waals surface area contributed by atoms with Gasteiger partial charge in [0.1, 0.15) is 0 Å². The number of hydrogen-bond donors (Lipinski definition) is 1. The molecule has 1 N–H and O–H groups in total. The summed E-state index contributed by atoms with van der Waals surface area (Å²) in [5.74, 6) is -1.29. The number of carbonyl (C=O) groups excluding carboxylic acids is 2. The lowest BCUT2D eigenvalue weighted by molar-refractivity contribution is -0.118. The summed E-state index contributed by atoms with van der Waals surface area (Å²) in [6.07, 6.45) is 4.01. The second kappa shape index (κ2) is 8.33. The maximum atomic E-state index is 13.2. The fraction of sp³-hybridized carbons (Fsp3) is 0.160. The molecular weight excluding hydrogens is 376 g/mol. The van der Waals surface area contributed by atoms with Crippen LogP contribution in [0.25, 0.3) is 0 Å². The van der Waals surface area contributed by atoms with Gasteiger partial charge in [0, 0.05) is 24.5 Å². The van der Waals surface area contributed by atoms with Crippen molar-refractivity contribution in [3.05, 3.63) is 107 Å². The molecule has 1 amide bonds. The minimum absolute atomic E-state index is 0.132. The Kier molecular flexibility index (Phi) is 5.44. The average molecular weight is 398 g/mol. The van der Waals surface area contributed by atoms with Gasteiger partial charge < -0.3 is 5.11 Å². The summed E-state index contributed by atoms with van der Waals surface area (Å²) in [5.41, 5.74) is 3.39. The molecule has 4 rings (SSSR count). The summed E-state index contributed by atoms with van der Waals surface area (Å²) in [6, 6.07) is 20.0. The Morgan fingerprint density at radius 2 is 1.77 bits per heavy atom.